The molecule has 1 aromatic heterocycles. The predicted octanol–water partition coefficient (Wildman–Crippen LogP) is 3.65. The van der Waals surface area contributed by atoms with Gasteiger partial charge in [-0.3, -0.25) is 0 Å². The highest BCUT2D eigenvalue weighted by atomic mass is 32.1. The average Bonchev–Trinajstić information content (AvgIpc) is 2.87. The molecule has 0 aliphatic rings. The molecular weight excluding hydrogens is 293 g/mol. The average molecular weight is 309 g/mol. The molecule has 0 radical (unpaired) electrons. The van der Waals surface area contributed by atoms with Gasteiger partial charge >= 0.3 is 0 Å². The maximum absolute atomic E-state index is 13.8. The van der Waals surface area contributed by atoms with E-state index >= 15 is 0 Å². The van der Waals surface area contributed by atoms with Crippen molar-refractivity contribution in [3.8, 4) is 0 Å². The summed E-state index contributed by atoms with van der Waals surface area (Å²) in [5.74, 6) is -0.414. The summed E-state index contributed by atoms with van der Waals surface area (Å²) in [6, 6.07) is 4.71. The van der Waals surface area contributed by atoms with E-state index < -0.39 is 5.82 Å². The van der Waals surface area contributed by atoms with Gasteiger partial charge in [-0.25, -0.2) is 9.37 Å². The number of nitrogens with zero attached hydrogens (tertiary/aromatic N) is 1. The van der Waals surface area contributed by atoms with Crippen LogP contribution in [0.15, 0.2) is 24.4 Å². The number of hydrogen-bond acceptors (Lipinski definition) is 4. The van der Waals surface area contributed by atoms with Crippen LogP contribution in [-0.2, 0) is 6.42 Å². The van der Waals surface area contributed by atoms with Crippen LogP contribution in [0.4, 0.5) is 10.1 Å². The summed E-state index contributed by atoms with van der Waals surface area (Å²) in [6.07, 6.45) is 2.83. The first-order valence-electron chi connectivity index (χ1n) is 6.32. The number of anilines is 1. The molecule has 3 N–H and O–H groups in total. The third kappa shape index (κ3) is 3.13. The highest BCUT2D eigenvalue weighted by Crippen LogP contribution is 2.27. The highest BCUT2D eigenvalue weighted by Gasteiger charge is 2.15. The van der Waals surface area contributed by atoms with Crippen molar-refractivity contribution in [2.75, 3.05) is 5.32 Å². The normalized spacial score (nSPS) is 12.2. The second-order valence-corrected chi connectivity index (χ2v) is 6.00. The van der Waals surface area contributed by atoms with E-state index in [0.29, 0.717) is 5.69 Å². The molecule has 1 atom stereocenters. The molecule has 106 valence electrons. The Bertz CT molecular complexity index is 625. The summed E-state index contributed by atoms with van der Waals surface area (Å²) in [7, 11) is 0. The molecule has 6 heteroatoms. The van der Waals surface area contributed by atoms with Crippen LogP contribution in [0.1, 0.15) is 35.3 Å². The molecule has 2 aromatic rings. The molecule has 0 amide bonds. The number of halogens is 1. The van der Waals surface area contributed by atoms with E-state index in [2.05, 4.69) is 17.2 Å². The van der Waals surface area contributed by atoms with E-state index in [4.69, 9.17) is 18.0 Å². The zero-order chi connectivity index (χ0) is 14.7. The predicted molar refractivity (Wildman–Crippen MR) is 85.8 cm³/mol. The van der Waals surface area contributed by atoms with E-state index in [0.717, 1.165) is 11.4 Å². The van der Waals surface area contributed by atoms with Gasteiger partial charge in [0.2, 0.25) is 0 Å². The highest BCUT2D eigenvalue weighted by molar-refractivity contribution is 7.80. The van der Waals surface area contributed by atoms with E-state index in [1.807, 2.05) is 13.1 Å². The third-order valence-electron chi connectivity index (χ3n) is 2.92. The maximum atomic E-state index is 13.8. The number of thiocarbonyl (C=S) groups is 1. The van der Waals surface area contributed by atoms with Crippen molar-refractivity contribution >= 4 is 34.2 Å². The summed E-state index contributed by atoms with van der Waals surface area (Å²) in [5, 5.41) is 4.19. The molecule has 20 heavy (non-hydrogen) atoms. The van der Waals surface area contributed by atoms with Gasteiger partial charge < -0.3 is 11.1 Å². The van der Waals surface area contributed by atoms with Gasteiger partial charge in [0.25, 0.3) is 0 Å². The Morgan fingerprint density at radius 1 is 1.55 bits per heavy atom. The summed E-state index contributed by atoms with van der Waals surface area (Å²) >= 11 is 6.56. The number of aryl methyl sites for hydroxylation is 1. The minimum Gasteiger partial charge on any atom is -0.389 e. The van der Waals surface area contributed by atoms with Gasteiger partial charge in [-0.2, -0.15) is 0 Å². The van der Waals surface area contributed by atoms with Crippen molar-refractivity contribution in [3.05, 3.63) is 45.7 Å². The largest absolute Gasteiger partial charge is 0.389 e. The Kier molecular flexibility index (Phi) is 4.67. The van der Waals surface area contributed by atoms with Gasteiger partial charge in [-0.1, -0.05) is 25.2 Å². The smallest absolute Gasteiger partial charge is 0.135 e. The molecule has 0 fully saturated rings. The molecule has 0 saturated carbocycles. The number of nitrogens with one attached hydrogen (secondary N) is 1. The summed E-state index contributed by atoms with van der Waals surface area (Å²) in [5.41, 5.74) is 6.44. The second-order valence-electron chi connectivity index (χ2n) is 4.41. The van der Waals surface area contributed by atoms with Gasteiger partial charge in [0.15, 0.2) is 0 Å². The number of aromatic nitrogens is 1. The van der Waals surface area contributed by atoms with E-state index in [1.54, 1.807) is 23.5 Å². The lowest BCUT2D eigenvalue weighted by atomic mass is 10.1. The van der Waals surface area contributed by atoms with Gasteiger partial charge in [0.05, 0.1) is 11.6 Å². The molecule has 0 aliphatic heterocycles. The summed E-state index contributed by atoms with van der Waals surface area (Å²) in [6.45, 7) is 4.07. The van der Waals surface area contributed by atoms with Crippen LogP contribution in [0.5, 0.6) is 0 Å². The fourth-order valence-corrected chi connectivity index (χ4v) is 2.94. The Balaban J connectivity index is 2.25. The number of nitrogens with two attached hydrogens (primary N) is 1. The van der Waals surface area contributed by atoms with Crippen molar-refractivity contribution in [1.29, 1.82) is 0 Å². The van der Waals surface area contributed by atoms with E-state index in [-0.39, 0.29) is 16.6 Å². The first-order chi connectivity index (χ1) is 9.52. The van der Waals surface area contributed by atoms with Crippen molar-refractivity contribution in [1.82, 2.24) is 4.98 Å². The Labute approximate surface area is 127 Å². The Morgan fingerprint density at radius 2 is 2.30 bits per heavy atom. The maximum Gasteiger partial charge on any atom is 0.135 e. The molecule has 0 saturated heterocycles. The summed E-state index contributed by atoms with van der Waals surface area (Å²) in [4.78, 5) is 5.65. The van der Waals surface area contributed by atoms with Crippen molar-refractivity contribution < 1.29 is 4.39 Å². The quantitative estimate of drug-likeness (QED) is 0.828. The van der Waals surface area contributed by atoms with Crippen molar-refractivity contribution in [2.45, 2.75) is 26.3 Å². The Morgan fingerprint density at radius 3 is 2.90 bits per heavy atom. The minimum atomic E-state index is -0.414. The van der Waals surface area contributed by atoms with Crippen LogP contribution in [0, 0.1) is 5.82 Å². The van der Waals surface area contributed by atoms with Crippen LogP contribution < -0.4 is 11.1 Å². The number of rotatable bonds is 5. The molecule has 1 unspecified atom stereocenters. The first kappa shape index (κ1) is 14.9. The number of hydrogen-bond donors (Lipinski definition) is 2. The molecule has 0 aliphatic carbocycles. The van der Waals surface area contributed by atoms with Crippen LogP contribution in [0.25, 0.3) is 0 Å². The van der Waals surface area contributed by atoms with Crippen LogP contribution in [0.3, 0.4) is 0 Å². The van der Waals surface area contributed by atoms with E-state index in [9.17, 15) is 4.39 Å². The molecule has 1 heterocycles. The van der Waals surface area contributed by atoms with Crippen molar-refractivity contribution in [3.63, 3.8) is 0 Å². The second kappa shape index (κ2) is 6.28. The molecular formula is C14H16FN3S2. The first-order valence-corrected chi connectivity index (χ1v) is 7.54. The molecule has 0 spiro atoms. The van der Waals surface area contributed by atoms with Crippen molar-refractivity contribution in [2.24, 2.45) is 5.73 Å². The SMILES string of the molecule is CCc1cnc(C(C)Nc2cccc(F)c2C(N)=S)s1. The monoisotopic (exact) mass is 309 g/mol. The van der Waals surface area contributed by atoms with Crippen LogP contribution in [-0.4, -0.2) is 9.97 Å². The van der Waals surface area contributed by atoms with Gasteiger partial charge in [-0.05, 0) is 25.5 Å². The zero-order valence-corrected chi connectivity index (χ0v) is 12.9. The number of thiazole rings is 1. The summed E-state index contributed by atoms with van der Waals surface area (Å²) < 4.78 is 13.8. The van der Waals surface area contributed by atoms with Gasteiger partial charge in [0.1, 0.15) is 15.8 Å². The zero-order valence-electron chi connectivity index (χ0n) is 11.3. The van der Waals surface area contributed by atoms with Crippen LogP contribution in [0.2, 0.25) is 0 Å². The van der Waals surface area contributed by atoms with Crippen LogP contribution >= 0.6 is 23.6 Å². The number of benzene rings is 1. The standard InChI is InChI=1S/C14H16FN3S2/c1-3-9-7-17-14(20-9)8(2)18-11-6-4-5-10(15)12(11)13(16)19/h4-8,18H,3H2,1-2H3,(H2,16,19). The molecule has 2 rings (SSSR count). The molecule has 3 nitrogen and oxygen atoms in total. The minimum absolute atomic E-state index is 0.0322. The Hall–Kier alpha value is -1.53. The molecule has 1 aromatic carbocycles. The fourth-order valence-electron chi connectivity index (χ4n) is 1.88. The van der Waals surface area contributed by atoms with Gasteiger partial charge in [0, 0.05) is 16.8 Å². The lowest BCUT2D eigenvalue weighted by Gasteiger charge is -2.16. The topological polar surface area (TPSA) is 50.9 Å². The third-order valence-corrected chi connectivity index (χ3v) is 4.45. The molecule has 0 bridgehead atoms. The van der Waals surface area contributed by atoms with Gasteiger partial charge in [-0.15, -0.1) is 11.3 Å². The lowest BCUT2D eigenvalue weighted by molar-refractivity contribution is 0.625. The fraction of sp³-hybridized carbons (Fsp3) is 0.286. The lowest BCUT2D eigenvalue weighted by Crippen LogP contribution is -2.16. The van der Waals surface area contributed by atoms with E-state index in [1.165, 1.54) is 10.9 Å².